The number of amides is 1. The van der Waals surface area contributed by atoms with Crippen molar-refractivity contribution in [2.24, 2.45) is 0 Å². The number of hydrogen-bond acceptors (Lipinski definition) is 5. The van der Waals surface area contributed by atoms with E-state index in [1.807, 2.05) is 6.07 Å². The van der Waals surface area contributed by atoms with Crippen LogP contribution >= 0.6 is 0 Å². The minimum Gasteiger partial charge on any atom is -0.482 e. The van der Waals surface area contributed by atoms with Crippen LogP contribution in [0.5, 0.6) is 5.75 Å². The number of nitrogens with one attached hydrogen (secondary N) is 1. The highest BCUT2D eigenvalue weighted by molar-refractivity contribution is 5.97. The molecule has 1 aromatic carbocycles. The third-order valence-electron chi connectivity index (χ3n) is 3.55. The summed E-state index contributed by atoms with van der Waals surface area (Å²) in [7, 11) is 0. The molecule has 1 unspecified atom stereocenters. The smallest absolute Gasteiger partial charge is 0.262 e. The summed E-state index contributed by atoms with van der Waals surface area (Å²) in [6, 6.07) is 3.67. The molecule has 1 aromatic rings. The van der Waals surface area contributed by atoms with E-state index in [4.69, 9.17) is 15.2 Å². The number of benzene rings is 1. The molecule has 1 fully saturated rings. The Kier molecular flexibility index (Phi) is 3.40. The number of nitrogens with two attached hydrogens (primary N) is 1. The lowest BCUT2D eigenvalue weighted by Crippen LogP contribution is -2.31. The van der Waals surface area contributed by atoms with Gasteiger partial charge in [0.15, 0.2) is 6.61 Å². The summed E-state index contributed by atoms with van der Waals surface area (Å²) < 4.78 is 11.0. The zero-order chi connectivity index (χ0) is 14.1. The van der Waals surface area contributed by atoms with Crippen molar-refractivity contribution >= 4 is 23.0 Å². The van der Waals surface area contributed by atoms with Crippen molar-refractivity contribution in [2.75, 3.05) is 42.3 Å². The second-order valence-corrected chi connectivity index (χ2v) is 5.23. The number of hydrogen-bond donors (Lipinski definition) is 2. The standard InChI is InChI=1S/C14H19N3O3/c1-9-7-17(3-2-4-19-9)12-6-11-13(5-10(12)15)20-8-14(18)16-11/h5-6,9H,2-4,7-8,15H2,1H3,(H,16,18). The van der Waals surface area contributed by atoms with Gasteiger partial charge in [-0.05, 0) is 19.4 Å². The lowest BCUT2D eigenvalue weighted by molar-refractivity contribution is -0.118. The van der Waals surface area contributed by atoms with Gasteiger partial charge in [-0.1, -0.05) is 0 Å². The van der Waals surface area contributed by atoms with E-state index in [2.05, 4.69) is 17.1 Å². The van der Waals surface area contributed by atoms with Gasteiger partial charge >= 0.3 is 0 Å². The fourth-order valence-corrected chi connectivity index (χ4v) is 2.62. The monoisotopic (exact) mass is 277 g/mol. The third kappa shape index (κ3) is 2.51. The first kappa shape index (κ1) is 13.1. The van der Waals surface area contributed by atoms with E-state index < -0.39 is 0 Å². The molecule has 0 spiro atoms. The van der Waals surface area contributed by atoms with E-state index in [1.54, 1.807) is 6.07 Å². The van der Waals surface area contributed by atoms with Crippen LogP contribution in [0.2, 0.25) is 0 Å². The van der Waals surface area contributed by atoms with Gasteiger partial charge in [-0.2, -0.15) is 0 Å². The summed E-state index contributed by atoms with van der Waals surface area (Å²) in [6.45, 7) is 4.54. The van der Waals surface area contributed by atoms with Crippen molar-refractivity contribution in [1.29, 1.82) is 0 Å². The average molecular weight is 277 g/mol. The minimum atomic E-state index is -0.138. The molecule has 2 aliphatic rings. The molecule has 2 aliphatic heterocycles. The zero-order valence-electron chi connectivity index (χ0n) is 11.5. The summed E-state index contributed by atoms with van der Waals surface area (Å²) >= 11 is 0. The minimum absolute atomic E-state index is 0.0420. The second kappa shape index (κ2) is 5.20. The summed E-state index contributed by atoms with van der Waals surface area (Å²) in [5.41, 5.74) is 8.40. The Morgan fingerprint density at radius 3 is 3.15 bits per heavy atom. The highest BCUT2D eigenvalue weighted by Crippen LogP contribution is 2.37. The molecule has 0 bridgehead atoms. The number of carbonyl (C=O) groups is 1. The van der Waals surface area contributed by atoms with E-state index in [1.165, 1.54) is 0 Å². The SMILES string of the molecule is CC1CN(c2cc3c(cc2N)OCC(=O)N3)CCCO1. The van der Waals surface area contributed by atoms with Crippen LogP contribution in [0.1, 0.15) is 13.3 Å². The van der Waals surface area contributed by atoms with Crippen molar-refractivity contribution < 1.29 is 14.3 Å². The number of rotatable bonds is 1. The van der Waals surface area contributed by atoms with Crippen LogP contribution in [0.4, 0.5) is 17.1 Å². The van der Waals surface area contributed by atoms with Crippen LogP contribution < -0.4 is 20.7 Å². The van der Waals surface area contributed by atoms with E-state index in [0.29, 0.717) is 17.1 Å². The van der Waals surface area contributed by atoms with Gasteiger partial charge in [0.1, 0.15) is 5.75 Å². The Labute approximate surface area is 117 Å². The maximum atomic E-state index is 11.4. The topological polar surface area (TPSA) is 76.8 Å². The fraction of sp³-hybridized carbons (Fsp3) is 0.500. The number of fused-ring (bicyclic) bond motifs is 1. The predicted molar refractivity (Wildman–Crippen MR) is 77.2 cm³/mol. The van der Waals surface area contributed by atoms with Gasteiger partial charge in [0.05, 0.1) is 23.2 Å². The van der Waals surface area contributed by atoms with Gasteiger partial charge in [0.25, 0.3) is 5.91 Å². The Morgan fingerprint density at radius 1 is 1.45 bits per heavy atom. The summed E-state index contributed by atoms with van der Waals surface area (Å²) in [4.78, 5) is 13.6. The van der Waals surface area contributed by atoms with Crippen molar-refractivity contribution in [2.45, 2.75) is 19.4 Å². The molecule has 1 atom stereocenters. The first-order chi connectivity index (χ1) is 9.63. The Balaban J connectivity index is 1.92. The lowest BCUT2D eigenvalue weighted by atomic mass is 10.1. The van der Waals surface area contributed by atoms with Crippen molar-refractivity contribution in [1.82, 2.24) is 0 Å². The molecule has 1 amide bonds. The normalized spacial score (nSPS) is 22.6. The van der Waals surface area contributed by atoms with E-state index in [-0.39, 0.29) is 18.6 Å². The van der Waals surface area contributed by atoms with Gasteiger partial charge in [-0.25, -0.2) is 0 Å². The van der Waals surface area contributed by atoms with E-state index in [9.17, 15) is 4.79 Å². The van der Waals surface area contributed by atoms with Crippen molar-refractivity contribution in [3.05, 3.63) is 12.1 Å². The van der Waals surface area contributed by atoms with Gasteiger partial charge in [0.2, 0.25) is 0 Å². The quantitative estimate of drug-likeness (QED) is 0.755. The zero-order valence-corrected chi connectivity index (χ0v) is 11.5. The molecule has 20 heavy (non-hydrogen) atoms. The van der Waals surface area contributed by atoms with Crippen LogP contribution in [-0.2, 0) is 9.53 Å². The van der Waals surface area contributed by atoms with Crippen molar-refractivity contribution in [3.63, 3.8) is 0 Å². The Hall–Kier alpha value is -1.95. The third-order valence-corrected chi connectivity index (χ3v) is 3.55. The predicted octanol–water partition coefficient (Wildman–Crippen LogP) is 1.21. The molecule has 2 heterocycles. The lowest BCUT2D eigenvalue weighted by Gasteiger charge is -2.28. The molecular formula is C14H19N3O3. The van der Waals surface area contributed by atoms with Gasteiger partial charge < -0.3 is 25.4 Å². The molecule has 3 rings (SSSR count). The number of anilines is 3. The summed E-state index contributed by atoms with van der Waals surface area (Å²) in [5, 5.41) is 2.82. The molecule has 108 valence electrons. The van der Waals surface area contributed by atoms with Crippen LogP contribution in [0.25, 0.3) is 0 Å². The highest BCUT2D eigenvalue weighted by atomic mass is 16.5. The van der Waals surface area contributed by atoms with Gasteiger partial charge in [-0.15, -0.1) is 0 Å². The molecule has 6 nitrogen and oxygen atoms in total. The molecule has 1 saturated heterocycles. The van der Waals surface area contributed by atoms with Gasteiger partial charge in [0, 0.05) is 25.8 Å². The van der Waals surface area contributed by atoms with Crippen LogP contribution in [-0.4, -0.2) is 38.3 Å². The molecule has 0 aromatic heterocycles. The van der Waals surface area contributed by atoms with E-state index >= 15 is 0 Å². The molecular weight excluding hydrogens is 258 g/mol. The highest BCUT2D eigenvalue weighted by Gasteiger charge is 2.22. The number of nitrogens with zero attached hydrogens (tertiary/aromatic N) is 1. The molecule has 6 heteroatoms. The maximum absolute atomic E-state index is 11.4. The Morgan fingerprint density at radius 2 is 2.30 bits per heavy atom. The second-order valence-electron chi connectivity index (χ2n) is 5.23. The molecule has 0 saturated carbocycles. The summed E-state index contributed by atoms with van der Waals surface area (Å²) in [6.07, 6.45) is 1.13. The van der Waals surface area contributed by atoms with Crippen LogP contribution in [0.15, 0.2) is 12.1 Å². The van der Waals surface area contributed by atoms with Crippen LogP contribution in [0.3, 0.4) is 0 Å². The van der Waals surface area contributed by atoms with Gasteiger partial charge in [-0.3, -0.25) is 4.79 Å². The van der Waals surface area contributed by atoms with E-state index in [0.717, 1.165) is 31.8 Å². The molecule has 0 radical (unpaired) electrons. The number of ether oxygens (including phenoxy) is 2. The summed E-state index contributed by atoms with van der Waals surface area (Å²) in [5.74, 6) is 0.491. The average Bonchev–Trinajstić information content (AvgIpc) is 2.63. The maximum Gasteiger partial charge on any atom is 0.262 e. The fourth-order valence-electron chi connectivity index (χ4n) is 2.62. The Bertz CT molecular complexity index is 533. The van der Waals surface area contributed by atoms with Crippen molar-refractivity contribution in [3.8, 4) is 5.75 Å². The first-order valence-electron chi connectivity index (χ1n) is 6.86. The number of nitrogen functional groups attached to an aromatic ring is 1. The van der Waals surface area contributed by atoms with Crippen LogP contribution in [0, 0.1) is 0 Å². The molecule has 3 N–H and O–H groups in total. The largest absolute Gasteiger partial charge is 0.482 e. The number of carbonyl (C=O) groups excluding carboxylic acids is 1. The molecule has 0 aliphatic carbocycles. The first-order valence-corrected chi connectivity index (χ1v) is 6.86.